The summed E-state index contributed by atoms with van der Waals surface area (Å²) in [6, 6.07) is 0. The third-order valence-electron chi connectivity index (χ3n) is 2.93. The molecular formula is C13H19BrN4S. The van der Waals surface area contributed by atoms with Crippen molar-refractivity contribution in [3.05, 3.63) is 31.9 Å². The van der Waals surface area contributed by atoms with Crippen LogP contribution in [0.1, 0.15) is 35.9 Å². The zero-order chi connectivity index (χ0) is 13.8. The van der Waals surface area contributed by atoms with Crippen LogP contribution in [0.2, 0.25) is 0 Å². The maximum Gasteiger partial charge on any atom is 0.107 e. The molecule has 0 aliphatic carbocycles. The molecule has 2 heterocycles. The fourth-order valence-electron chi connectivity index (χ4n) is 1.96. The first-order chi connectivity index (χ1) is 9.15. The highest BCUT2D eigenvalue weighted by molar-refractivity contribution is 9.10. The first-order valence-electron chi connectivity index (χ1n) is 6.51. The Balaban J connectivity index is 2.00. The topological polar surface area (TPSA) is 42.7 Å². The van der Waals surface area contributed by atoms with Crippen molar-refractivity contribution in [3.8, 4) is 0 Å². The molecule has 19 heavy (non-hydrogen) atoms. The van der Waals surface area contributed by atoms with Crippen LogP contribution in [-0.2, 0) is 26.1 Å². The Kier molecular flexibility index (Phi) is 5.13. The largest absolute Gasteiger partial charge is 0.305 e. The SMILES string of the molecule is CCc1nn(CC)c(CNCc2nc(C)cs2)c1Br. The number of nitrogens with zero attached hydrogens (tertiary/aromatic N) is 3. The zero-order valence-corrected chi connectivity index (χ0v) is 13.9. The molecule has 0 amide bonds. The van der Waals surface area contributed by atoms with Gasteiger partial charge in [-0.15, -0.1) is 11.3 Å². The molecule has 6 heteroatoms. The number of aromatic nitrogens is 3. The van der Waals surface area contributed by atoms with Gasteiger partial charge in [0, 0.05) is 30.7 Å². The summed E-state index contributed by atoms with van der Waals surface area (Å²) >= 11 is 5.36. The summed E-state index contributed by atoms with van der Waals surface area (Å²) in [5.74, 6) is 0. The number of nitrogens with one attached hydrogen (secondary N) is 1. The normalized spacial score (nSPS) is 11.2. The molecule has 0 saturated carbocycles. The number of hydrogen-bond acceptors (Lipinski definition) is 4. The summed E-state index contributed by atoms with van der Waals surface area (Å²) in [6.45, 7) is 8.78. The second kappa shape index (κ2) is 6.63. The molecule has 2 aromatic rings. The summed E-state index contributed by atoms with van der Waals surface area (Å²) in [5, 5.41) is 11.2. The van der Waals surface area contributed by atoms with Crippen molar-refractivity contribution < 1.29 is 0 Å². The monoisotopic (exact) mass is 342 g/mol. The van der Waals surface area contributed by atoms with Crippen LogP contribution in [-0.4, -0.2) is 14.8 Å². The van der Waals surface area contributed by atoms with Gasteiger partial charge in [-0.1, -0.05) is 6.92 Å². The fourth-order valence-corrected chi connectivity index (χ4v) is 3.40. The average molecular weight is 343 g/mol. The summed E-state index contributed by atoms with van der Waals surface area (Å²) in [6.07, 6.45) is 0.951. The molecule has 0 bridgehead atoms. The molecule has 0 spiro atoms. The van der Waals surface area contributed by atoms with Crippen LogP contribution in [0.4, 0.5) is 0 Å². The van der Waals surface area contributed by atoms with Gasteiger partial charge in [0.2, 0.25) is 0 Å². The van der Waals surface area contributed by atoms with Crippen molar-refractivity contribution in [2.45, 2.75) is 46.8 Å². The number of hydrogen-bond donors (Lipinski definition) is 1. The lowest BCUT2D eigenvalue weighted by molar-refractivity contribution is 0.576. The lowest BCUT2D eigenvalue weighted by atomic mass is 10.3. The Labute approximate surface area is 126 Å². The molecule has 0 radical (unpaired) electrons. The van der Waals surface area contributed by atoms with Gasteiger partial charge in [0.1, 0.15) is 5.01 Å². The Morgan fingerprint density at radius 3 is 2.74 bits per heavy atom. The summed E-state index contributed by atoms with van der Waals surface area (Å²) in [7, 11) is 0. The fraction of sp³-hybridized carbons (Fsp3) is 0.538. The molecule has 0 unspecified atom stereocenters. The summed E-state index contributed by atoms with van der Waals surface area (Å²) in [5.41, 5.74) is 3.44. The predicted molar refractivity (Wildman–Crippen MR) is 82.4 cm³/mol. The molecule has 0 atom stereocenters. The van der Waals surface area contributed by atoms with Crippen LogP contribution in [0.15, 0.2) is 9.85 Å². The van der Waals surface area contributed by atoms with E-state index in [1.54, 1.807) is 11.3 Å². The van der Waals surface area contributed by atoms with E-state index >= 15 is 0 Å². The molecule has 0 aliphatic rings. The predicted octanol–water partition coefficient (Wildman–Crippen LogP) is 3.28. The molecule has 2 rings (SSSR count). The van der Waals surface area contributed by atoms with E-state index in [4.69, 9.17) is 0 Å². The highest BCUT2D eigenvalue weighted by atomic mass is 79.9. The van der Waals surface area contributed by atoms with Gasteiger partial charge in [-0.05, 0) is 36.2 Å². The molecule has 1 N–H and O–H groups in total. The van der Waals surface area contributed by atoms with Crippen molar-refractivity contribution in [1.82, 2.24) is 20.1 Å². The zero-order valence-electron chi connectivity index (χ0n) is 11.5. The first kappa shape index (κ1) is 14.7. The van der Waals surface area contributed by atoms with Gasteiger partial charge in [-0.2, -0.15) is 5.10 Å². The second-order valence-corrected chi connectivity index (χ2v) is 6.10. The van der Waals surface area contributed by atoms with Gasteiger partial charge < -0.3 is 5.32 Å². The molecule has 4 nitrogen and oxygen atoms in total. The Morgan fingerprint density at radius 1 is 1.37 bits per heavy atom. The van der Waals surface area contributed by atoms with E-state index in [2.05, 4.69) is 55.2 Å². The van der Waals surface area contributed by atoms with Gasteiger partial charge in [0.15, 0.2) is 0 Å². The molecule has 2 aromatic heterocycles. The average Bonchev–Trinajstić information content (AvgIpc) is 2.94. The van der Waals surface area contributed by atoms with E-state index < -0.39 is 0 Å². The minimum Gasteiger partial charge on any atom is -0.305 e. The van der Waals surface area contributed by atoms with Gasteiger partial charge in [0.25, 0.3) is 0 Å². The maximum absolute atomic E-state index is 4.59. The molecule has 104 valence electrons. The third-order valence-corrected chi connectivity index (χ3v) is 4.81. The van der Waals surface area contributed by atoms with E-state index in [1.807, 2.05) is 6.92 Å². The Morgan fingerprint density at radius 2 is 2.16 bits per heavy atom. The summed E-state index contributed by atoms with van der Waals surface area (Å²) in [4.78, 5) is 4.45. The van der Waals surface area contributed by atoms with Gasteiger partial charge in [-0.3, -0.25) is 4.68 Å². The first-order valence-corrected chi connectivity index (χ1v) is 8.18. The molecular weight excluding hydrogens is 324 g/mol. The lowest BCUT2D eigenvalue weighted by Crippen LogP contribution is -2.16. The van der Waals surface area contributed by atoms with E-state index in [1.165, 1.54) is 5.69 Å². The number of thiazole rings is 1. The van der Waals surface area contributed by atoms with Crippen LogP contribution >= 0.6 is 27.3 Å². The van der Waals surface area contributed by atoms with E-state index in [0.29, 0.717) is 0 Å². The van der Waals surface area contributed by atoms with E-state index in [9.17, 15) is 0 Å². The van der Waals surface area contributed by atoms with E-state index in [0.717, 1.165) is 46.9 Å². The minimum absolute atomic E-state index is 0.806. The molecule has 0 saturated heterocycles. The van der Waals surface area contributed by atoms with Crippen LogP contribution in [0.5, 0.6) is 0 Å². The van der Waals surface area contributed by atoms with Crippen molar-refractivity contribution in [1.29, 1.82) is 0 Å². The standard InChI is InChI=1S/C13H19BrN4S/c1-4-10-13(14)11(18(5-2)17-10)6-15-7-12-16-9(3)8-19-12/h8,15H,4-7H2,1-3H3. The smallest absolute Gasteiger partial charge is 0.107 e. The summed E-state index contributed by atoms with van der Waals surface area (Å²) < 4.78 is 3.20. The number of rotatable bonds is 6. The van der Waals surface area contributed by atoms with Crippen molar-refractivity contribution in [2.75, 3.05) is 0 Å². The van der Waals surface area contributed by atoms with Crippen molar-refractivity contribution >= 4 is 27.3 Å². The van der Waals surface area contributed by atoms with Gasteiger partial charge >= 0.3 is 0 Å². The number of halogens is 1. The van der Waals surface area contributed by atoms with Crippen molar-refractivity contribution in [3.63, 3.8) is 0 Å². The van der Waals surface area contributed by atoms with Crippen LogP contribution in [0.3, 0.4) is 0 Å². The highest BCUT2D eigenvalue weighted by Gasteiger charge is 2.13. The quantitative estimate of drug-likeness (QED) is 0.875. The minimum atomic E-state index is 0.806. The van der Waals surface area contributed by atoms with Gasteiger partial charge in [0.05, 0.1) is 15.9 Å². The maximum atomic E-state index is 4.59. The van der Waals surface area contributed by atoms with Crippen LogP contribution in [0, 0.1) is 6.92 Å². The third kappa shape index (κ3) is 3.43. The molecule has 0 fully saturated rings. The molecule has 0 aliphatic heterocycles. The highest BCUT2D eigenvalue weighted by Crippen LogP contribution is 2.22. The lowest BCUT2D eigenvalue weighted by Gasteiger charge is -2.06. The number of aryl methyl sites for hydroxylation is 3. The van der Waals surface area contributed by atoms with Crippen LogP contribution in [0.25, 0.3) is 0 Å². The van der Waals surface area contributed by atoms with Crippen molar-refractivity contribution in [2.24, 2.45) is 0 Å². The van der Waals surface area contributed by atoms with Crippen LogP contribution < -0.4 is 5.32 Å². The van der Waals surface area contributed by atoms with E-state index in [-0.39, 0.29) is 0 Å². The van der Waals surface area contributed by atoms with Gasteiger partial charge in [-0.25, -0.2) is 4.98 Å². The molecule has 0 aromatic carbocycles. The second-order valence-electron chi connectivity index (χ2n) is 4.36. The Hall–Kier alpha value is -0.720. The Bertz CT molecular complexity index is 547.